The second kappa shape index (κ2) is 10.8. The van der Waals surface area contributed by atoms with Crippen molar-refractivity contribution < 1.29 is 13.2 Å². The van der Waals surface area contributed by atoms with E-state index in [2.05, 4.69) is 21.3 Å². The zero-order valence-corrected chi connectivity index (χ0v) is 21.7. The van der Waals surface area contributed by atoms with E-state index in [0.29, 0.717) is 37.9 Å². The van der Waals surface area contributed by atoms with Crippen molar-refractivity contribution in [2.24, 2.45) is 4.99 Å². The van der Waals surface area contributed by atoms with Crippen molar-refractivity contribution in [2.45, 2.75) is 24.6 Å². The molecule has 2 aliphatic heterocycles. The first-order valence-corrected chi connectivity index (χ1v) is 12.0. The van der Waals surface area contributed by atoms with E-state index >= 15 is 0 Å². The van der Waals surface area contributed by atoms with E-state index in [-0.39, 0.29) is 35.8 Å². The first kappa shape index (κ1) is 25.6. The van der Waals surface area contributed by atoms with Crippen molar-refractivity contribution >= 4 is 51.4 Å². The minimum atomic E-state index is -3.09. The SMILES string of the molecule is CN=C(NCC(c1cccc(Cl)c1)N1CCOCC1)N1CCS(=O)(=O)C(C)(C)C1.I. The van der Waals surface area contributed by atoms with Gasteiger partial charge in [0.25, 0.3) is 0 Å². The topological polar surface area (TPSA) is 74.2 Å². The van der Waals surface area contributed by atoms with Crippen molar-refractivity contribution in [3.63, 3.8) is 0 Å². The molecule has 10 heteroatoms. The lowest BCUT2D eigenvalue weighted by Crippen LogP contribution is -2.58. The maximum atomic E-state index is 12.3. The fraction of sp³-hybridized carbons (Fsp3) is 0.650. The molecular weight excluding hydrogens is 539 g/mol. The maximum Gasteiger partial charge on any atom is 0.193 e. The predicted molar refractivity (Wildman–Crippen MR) is 133 cm³/mol. The van der Waals surface area contributed by atoms with Gasteiger partial charge in [-0.3, -0.25) is 9.89 Å². The molecule has 1 atom stereocenters. The summed E-state index contributed by atoms with van der Waals surface area (Å²) in [5.74, 6) is 0.871. The number of benzene rings is 1. The van der Waals surface area contributed by atoms with Gasteiger partial charge < -0.3 is 15.0 Å². The highest BCUT2D eigenvalue weighted by molar-refractivity contribution is 14.0. The molecule has 0 bridgehead atoms. The first-order valence-electron chi connectivity index (χ1n) is 9.99. The third-order valence-corrected chi connectivity index (χ3v) is 8.50. The van der Waals surface area contributed by atoms with E-state index in [1.54, 1.807) is 20.9 Å². The number of hydrogen-bond acceptors (Lipinski definition) is 5. The summed E-state index contributed by atoms with van der Waals surface area (Å²) in [6.07, 6.45) is 0. The molecule has 30 heavy (non-hydrogen) atoms. The van der Waals surface area contributed by atoms with Gasteiger partial charge in [-0.05, 0) is 31.5 Å². The minimum Gasteiger partial charge on any atom is -0.379 e. The number of halogens is 2. The molecule has 3 rings (SSSR count). The Morgan fingerprint density at radius 3 is 2.60 bits per heavy atom. The molecule has 2 heterocycles. The van der Waals surface area contributed by atoms with E-state index in [1.807, 2.05) is 23.1 Å². The van der Waals surface area contributed by atoms with Gasteiger partial charge in [0.2, 0.25) is 0 Å². The zero-order valence-electron chi connectivity index (χ0n) is 17.8. The van der Waals surface area contributed by atoms with Crippen LogP contribution < -0.4 is 5.32 Å². The van der Waals surface area contributed by atoms with Gasteiger partial charge in [0.15, 0.2) is 15.8 Å². The lowest BCUT2D eigenvalue weighted by molar-refractivity contribution is 0.0169. The number of morpholine rings is 1. The summed E-state index contributed by atoms with van der Waals surface area (Å²) in [6.45, 7) is 8.22. The van der Waals surface area contributed by atoms with Crippen molar-refractivity contribution in [3.05, 3.63) is 34.9 Å². The van der Waals surface area contributed by atoms with Crippen molar-refractivity contribution in [3.8, 4) is 0 Å². The van der Waals surface area contributed by atoms with Crippen LogP contribution in [-0.4, -0.2) is 87.7 Å². The van der Waals surface area contributed by atoms with Crippen LogP contribution in [0.1, 0.15) is 25.5 Å². The number of nitrogens with one attached hydrogen (secondary N) is 1. The Balaban J connectivity index is 0.00000320. The van der Waals surface area contributed by atoms with Crippen molar-refractivity contribution in [1.82, 2.24) is 15.1 Å². The van der Waals surface area contributed by atoms with Gasteiger partial charge >= 0.3 is 0 Å². The number of rotatable bonds is 4. The summed E-state index contributed by atoms with van der Waals surface area (Å²) < 4.78 is 29.4. The molecule has 0 radical (unpaired) electrons. The lowest BCUT2D eigenvalue weighted by Gasteiger charge is -2.40. The number of guanidine groups is 1. The third-order valence-electron chi connectivity index (χ3n) is 5.73. The van der Waals surface area contributed by atoms with Gasteiger partial charge in [-0.25, -0.2) is 8.42 Å². The molecule has 2 saturated heterocycles. The van der Waals surface area contributed by atoms with E-state index in [9.17, 15) is 8.42 Å². The quantitative estimate of drug-likeness (QED) is 0.341. The van der Waals surface area contributed by atoms with E-state index in [1.165, 1.54) is 0 Å². The van der Waals surface area contributed by atoms with Crippen LogP contribution in [-0.2, 0) is 14.6 Å². The summed E-state index contributed by atoms with van der Waals surface area (Å²) in [6, 6.07) is 8.06. The molecule has 1 aromatic carbocycles. The molecule has 0 spiro atoms. The number of ether oxygens (including phenoxy) is 1. The van der Waals surface area contributed by atoms with Crippen molar-refractivity contribution in [1.29, 1.82) is 0 Å². The Morgan fingerprint density at radius 2 is 2.00 bits per heavy atom. The van der Waals surface area contributed by atoms with Crippen LogP contribution in [0.5, 0.6) is 0 Å². The predicted octanol–water partition coefficient (Wildman–Crippen LogP) is 2.42. The van der Waals surface area contributed by atoms with Crippen LogP contribution >= 0.6 is 35.6 Å². The van der Waals surface area contributed by atoms with Gasteiger partial charge in [0.05, 0.1) is 29.8 Å². The standard InChI is InChI=1S/C20H31ClN4O3S.HI/c1-20(2)15-25(9-12-29(20,26)27)19(22-3)23-14-18(24-7-10-28-11-8-24)16-5-4-6-17(21)13-16;/h4-6,13,18H,7-12,14-15H2,1-3H3,(H,22,23);1H. The summed E-state index contributed by atoms with van der Waals surface area (Å²) in [7, 11) is -1.36. The van der Waals surface area contributed by atoms with Crippen LogP contribution in [0.3, 0.4) is 0 Å². The highest BCUT2D eigenvalue weighted by Gasteiger charge is 2.41. The van der Waals surface area contributed by atoms with Gasteiger partial charge in [-0.1, -0.05) is 23.7 Å². The molecule has 1 unspecified atom stereocenters. The number of nitrogens with zero attached hydrogens (tertiary/aromatic N) is 3. The molecule has 0 amide bonds. The second-order valence-electron chi connectivity index (χ2n) is 8.15. The molecule has 170 valence electrons. The normalized spacial score (nSPS) is 22.8. The molecule has 1 aromatic rings. The first-order chi connectivity index (χ1) is 13.7. The average molecular weight is 571 g/mol. The second-order valence-corrected chi connectivity index (χ2v) is 11.3. The number of aliphatic imine (C=N–C) groups is 1. The van der Waals surface area contributed by atoms with E-state index < -0.39 is 14.6 Å². The molecule has 0 aliphatic carbocycles. The van der Waals surface area contributed by atoms with Crippen LogP contribution in [0.15, 0.2) is 29.3 Å². The summed E-state index contributed by atoms with van der Waals surface area (Å²) >= 11 is 6.25. The van der Waals surface area contributed by atoms with Crippen LogP contribution in [0.25, 0.3) is 0 Å². The molecular formula is C20H32ClIN4O3S. The Labute approximate surface area is 202 Å². The Morgan fingerprint density at radius 1 is 1.30 bits per heavy atom. The fourth-order valence-electron chi connectivity index (χ4n) is 3.91. The molecule has 2 aliphatic rings. The Bertz CT molecular complexity index is 844. The van der Waals surface area contributed by atoms with Gasteiger partial charge in [-0.15, -0.1) is 24.0 Å². The van der Waals surface area contributed by atoms with E-state index in [0.717, 1.165) is 24.6 Å². The third kappa shape index (κ3) is 5.99. The lowest BCUT2D eigenvalue weighted by atomic mass is 10.0. The van der Waals surface area contributed by atoms with Crippen LogP contribution in [0, 0.1) is 0 Å². The Hall–Kier alpha value is -0.620. The highest BCUT2D eigenvalue weighted by Crippen LogP contribution is 2.26. The monoisotopic (exact) mass is 570 g/mol. The van der Waals surface area contributed by atoms with Crippen molar-refractivity contribution in [2.75, 3.05) is 58.7 Å². The minimum absolute atomic E-state index is 0. The molecule has 2 fully saturated rings. The number of hydrogen-bond donors (Lipinski definition) is 1. The van der Waals surface area contributed by atoms with Gasteiger partial charge in [-0.2, -0.15) is 0 Å². The molecule has 0 aromatic heterocycles. The Kier molecular flexibility index (Phi) is 9.23. The smallest absolute Gasteiger partial charge is 0.193 e. The van der Waals surface area contributed by atoms with Gasteiger partial charge in [0.1, 0.15) is 0 Å². The molecule has 0 saturated carbocycles. The molecule has 7 nitrogen and oxygen atoms in total. The van der Waals surface area contributed by atoms with Crippen LogP contribution in [0.4, 0.5) is 0 Å². The summed E-state index contributed by atoms with van der Waals surface area (Å²) in [5, 5.41) is 4.19. The molecule has 1 N–H and O–H groups in total. The summed E-state index contributed by atoms with van der Waals surface area (Å²) in [5.41, 5.74) is 1.14. The largest absolute Gasteiger partial charge is 0.379 e. The maximum absolute atomic E-state index is 12.3. The van der Waals surface area contributed by atoms with E-state index in [4.69, 9.17) is 16.3 Å². The summed E-state index contributed by atoms with van der Waals surface area (Å²) in [4.78, 5) is 8.85. The van der Waals surface area contributed by atoms with Gasteiger partial charge in [0, 0.05) is 44.8 Å². The fourth-order valence-corrected chi connectivity index (χ4v) is 5.47. The van der Waals surface area contributed by atoms with Crippen LogP contribution in [0.2, 0.25) is 5.02 Å². The zero-order chi connectivity index (χ0) is 21.1. The number of sulfone groups is 1. The average Bonchev–Trinajstić information content (AvgIpc) is 2.68. The highest BCUT2D eigenvalue weighted by atomic mass is 127.